The minimum atomic E-state index is 0.00604. The summed E-state index contributed by atoms with van der Waals surface area (Å²) in [5.41, 5.74) is 0.0577. The minimum absolute atomic E-state index is 0.00604. The minimum Gasteiger partial charge on any atom is -0.368 e. The Morgan fingerprint density at radius 1 is 1.15 bits per heavy atom. The van der Waals surface area contributed by atoms with Crippen molar-refractivity contribution in [3.05, 3.63) is 0 Å². The molecule has 1 N–H and O–H groups in total. The van der Waals surface area contributed by atoms with E-state index in [1.807, 2.05) is 0 Å². The molecule has 2 fully saturated rings. The van der Waals surface area contributed by atoms with Crippen molar-refractivity contribution in [1.29, 1.82) is 0 Å². The zero-order valence-corrected chi connectivity index (χ0v) is 9.18. The van der Waals surface area contributed by atoms with E-state index in [-0.39, 0.29) is 11.2 Å². The van der Waals surface area contributed by atoms with Gasteiger partial charge in [0.25, 0.3) is 0 Å². The Morgan fingerprint density at radius 3 is 2.15 bits per heavy atom. The predicted octanol–water partition coefficient (Wildman–Crippen LogP) is 2.08. The molecule has 13 heavy (non-hydrogen) atoms. The van der Waals surface area contributed by atoms with Gasteiger partial charge in [-0.2, -0.15) is 0 Å². The van der Waals surface area contributed by atoms with Crippen LogP contribution in [0.4, 0.5) is 0 Å². The fourth-order valence-electron chi connectivity index (χ4n) is 2.36. The molecule has 0 spiro atoms. The van der Waals surface area contributed by atoms with Crippen LogP contribution in [-0.2, 0) is 4.74 Å². The summed E-state index contributed by atoms with van der Waals surface area (Å²) < 4.78 is 6.01. The Labute approximate surface area is 81.0 Å². The van der Waals surface area contributed by atoms with Crippen molar-refractivity contribution in [2.24, 2.45) is 0 Å². The van der Waals surface area contributed by atoms with E-state index >= 15 is 0 Å². The molecule has 0 bridgehead atoms. The van der Waals surface area contributed by atoms with Gasteiger partial charge in [0, 0.05) is 12.1 Å². The summed E-state index contributed by atoms with van der Waals surface area (Å²) in [5, 5.41) is 3.67. The van der Waals surface area contributed by atoms with Gasteiger partial charge < -0.3 is 10.1 Å². The van der Waals surface area contributed by atoms with E-state index in [1.54, 1.807) is 0 Å². The summed E-state index contributed by atoms with van der Waals surface area (Å²) in [6.07, 6.45) is 3.84. The molecule has 2 nitrogen and oxygen atoms in total. The van der Waals surface area contributed by atoms with Crippen LogP contribution in [0.2, 0.25) is 0 Å². The molecule has 0 aromatic heterocycles. The predicted molar refractivity (Wildman–Crippen MR) is 53.8 cm³/mol. The Kier molecular flexibility index (Phi) is 1.97. The average Bonchev–Trinajstić information content (AvgIpc) is 2.62. The van der Waals surface area contributed by atoms with Crippen molar-refractivity contribution < 1.29 is 4.74 Å². The number of ether oxygens (including phenoxy) is 1. The van der Waals surface area contributed by atoms with Crippen molar-refractivity contribution in [2.75, 3.05) is 0 Å². The highest BCUT2D eigenvalue weighted by Crippen LogP contribution is 2.38. The normalized spacial score (nSPS) is 36.5. The lowest BCUT2D eigenvalue weighted by atomic mass is 9.94. The highest BCUT2D eigenvalue weighted by Gasteiger charge is 2.47. The Morgan fingerprint density at radius 2 is 1.77 bits per heavy atom. The molecule has 2 aliphatic rings. The van der Waals surface area contributed by atoms with Crippen molar-refractivity contribution in [3.8, 4) is 0 Å². The highest BCUT2D eigenvalue weighted by molar-refractivity contribution is 5.01. The van der Waals surface area contributed by atoms with Crippen LogP contribution in [-0.4, -0.2) is 23.3 Å². The average molecular weight is 183 g/mol. The van der Waals surface area contributed by atoms with Crippen LogP contribution in [0.25, 0.3) is 0 Å². The van der Waals surface area contributed by atoms with Crippen molar-refractivity contribution in [2.45, 2.75) is 70.2 Å². The maximum atomic E-state index is 6.01. The zero-order chi connectivity index (χ0) is 9.69. The first kappa shape index (κ1) is 9.47. The van der Waals surface area contributed by atoms with Gasteiger partial charge in [0.05, 0.1) is 11.2 Å². The van der Waals surface area contributed by atoms with Crippen LogP contribution in [0.15, 0.2) is 0 Å². The maximum Gasteiger partial charge on any atom is 0.0787 e. The molecule has 0 amide bonds. The van der Waals surface area contributed by atoms with E-state index < -0.39 is 0 Å². The van der Waals surface area contributed by atoms with Gasteiger partial charge in [0.15, 0.2) is 0 Å². The fourth-order valence-corrected chi connectivity index (χ4v) is 2.36. The number of nitrogens with one attached hydrogen (secondary N) is 1. The molecule has 0 aromatic carbocycles. The third-order valence-corrected chi connectivity index (χ3v) is 3.09. The van der Waals surface area contributed by atoms with E-state index in [4.69, 9.17) is 4.74 Å². The van der Waals surface area contributed by atoms with E-state index in [0.29, 0.717) is 6.04 Å². The smallest absolute Gasteiger partial charge is 0.0787 e. The summed E-state index contributed by atoms with van der Waals surface area (Å²) in [5.74, 6) is 0. The van der Waals surface area contributed by atoms with Gasteiger partial charge in [0.1, 0.15) is 0 Å². The summed E-state index contributed by atoms with van der Waals surface area (Å²) in [4.78, 5) is 0. The Bertz CT molecular complexity index is 206. The van der Waals surface area contributed by atoms with Crippen molar-refractivity contribution >= 4 is 0 Å². The lowest BCUT2D eigenvalue weighted by Gasteiger charge is -2.27. The van der Waals surface area contributed by atoms with Crippen LogP contribution in [0.1, 0.15) is 47.0 Å². The topological polar surface area (TPSA) is 21.3 Å². The molecule has 76 valence electrons. The molecular formula is C11H21NO. The van der Waals surface area contributed by atoms with Gasteiger partial charge in [-0.25, -0.2) is 0 Å². The van der Waals surface area contributed by atoms with Crippen LogP contribution < -0.4 is 5.32 Å². The van der Waals surface area contributed by atoms with Crippen LogP contribution in [0.3, 0.4) is 0 Å². The number of rotatable bonds is 2. The third-order valence-electron chi connectivity index (χ3n) is 3.09. The van der Waals surface area contributed by atoms with Gasteiger partial charge in [-0.05, 0) is 47.0 Å². The van der Waals surface area contributed by atoms with Crippen LogP contribution in [0, 0.1) is 0 Å². The summed E-state index contributed by atoms with van der Waals surface area (Å²) in [6, 6.07) is 1.32. The Hall–Kier alpha value is -0.0800. The molecule has 1 atom stereocenters. The first-order valence-electron chi connectivity index (χ1n) is 5.35. The first-order chi connectivity index (χ1) is 5.89. The summed E-state index contributed by atoms with van der Waals surface area (Å²) >= 11 is 0. The molecule has 1 aliphatic heterocycles. The second-order valence-electron chi connectivity index (χ2n) is 5.66. The lowest BCUT2D eigenvalue weighted by Crippen LogP contribution is -2.44. The fraction of sp³-hybridized carbons (Fsp3) is 1.00. The molecule has 2 heteroatoms. The molecule has 1 saturated heterocycles. The van der Waals surface area contributed by atoms with Crippen molar-refractivity contribution in [3.63, 3.8) is 0 Å². The quantitative estimate of drug-likeness (QED) is 0.707. The largest absolute Gasteiger partial charge is 0.368 e. The van der Waals surface area contributed by atoms with Crippen LogP contribution >= 0.6 is 0 Å². The van der Waals surface area contributed by atoms with Crippen LogP contribution in [0.5, 0.6) is 0 Å². The molecule has 1 aliphatic carbocycles. The van der Waals surface area contributed by atoms with E-state index in [9.17, 15) is 0 Å². The van der Waals surface area contributed by atoms with E-state index in [2.05, 4.69) is 33.0 Å². The van der Waals surface area contributed by atoms with Gasteiger partial charge >= 0.3 is 0 Å². The monoisotopic (exact) mass is 183 g/mol. The summed E-state index contributed by atoms with van der Waals surface area (Å²) in [7, 11) is 0. The first-order valence-corrected chi connectivity index (χ1v) is 5.35. The van der Waals surface area contributed by atoms with E-state index in [0.717, 1.165) is 12.5 Å². The zero-order valence-electron chi connectivity index (χ0n) is 9.18. The summed E-state index contributed by atoms with van der Waals surface area (Å²) in [6.45, 7) is 8.76. The number of hydrogen-bond acceptors (Lipinski definition) is 2. The second kappa shape index (κ2) is 2.71. The maximum absolute atomic E-state index is 6.01. The Balaban J connectivity index is 2.00. The molecule has 1 saturated carbocycles. The van der Waals surface area contributed by atoms with Gasteiger partial charge in [0.2, 0.25) is 0 Å². The lowest BCUT2D eigenvalue weighted by molar-refractivity contribution is -0.0699. The molecule has 2 rings (SSSR count). The standard InChI is InChI=1S/C11H21NO/c1-10(2)7-9(11(3,4)13-10)12-8-5-6-8/h8-9,12H,5-7H2,1-4H3/t9-/m0/s1. The molecule has 1 heterocycles. The van der Waals surface area contributed by atoms with E-state index in [1.165, 1.54) is 12.8 Å². The molecule has 0 aromatic rings. The number of hydrogen-bond donors (Lipinski definition) is 1. The molecule has 0 unspecified atom stereocenters. The van der Waals surface area contributed by atoms with Crippen molar-refractivity contribution in [1.82, 2.24) is 5.32 Å². The van der Waals surface area contributed by atoms with Gasteiger partial charge in [-0.15, -0.1) is 0 Å². The van der Waals surface area contributed by atoms with Gasteiger partial charge in [-0.1, -0.05) is 0 Å². The SMILES string of the molecule is CC1(C)C[C@H](NC2CC2)C(C)(C)O1. The van der Waals surface area contributed by atoms with Gasteiger partial charge in [-0.3, -0.25) is 0 Å². The molecule has 0 radical (unpaired) electrons. The second-order valence-corrected chi connectivity index (χ2v) is 5.66. The highest BCUT2D eigenvalue weighted by atomic mass is 16.5. The molecular weight excluding hydrogens is 162 g/mol. The third kappa shape index (κ3) is 2.05.